The summed E-state index contributed by atoms with van der Waals surface area (Å²) in [5.74, 6) is -1.78. The summed E-state index contributed by atoms with van der Waals surface area (Å²) in [4.78, 5) is 10.1. The molecular formula is C15H14F2N2O2. The Bertz CT molecular complexity index is 645. The molecule has 0 saturated heterocycles. The monoisotopic (exact) mass is 292 g/mol. The van der Waals surface area contributed by atoms with Gasteiger partial charge < -0.3 is 5.32 Å². The number of hydrogen-bond donors (Lipinski definition) is 1. The van der Waals surface area contributed by atoms with Gasteiger partial charge in [0.05, 0.1) is 4.92 Å². The van der Waals surface area contributed by atoms with Crippen molar-refractivity contribution in [3.05, 3.63) is 75.3 Å². The Morgan fingerprint density at radius 2 is 1.81 bits per heavy atom. The van der Waals surface area contributed by atoms with Crippen LogP contribution >= 0.6 is 0 Å². The lowest BCUT2D eigenvalue weighted by molar-refractivity contribution is -0.384. The topological polar surface area (TPSA) is 55.2 Å². The number of nitro benzene ring substituents is 1. The highest BCUT2D eigenvalue weighted by Gasteiger charge is 2.13. The maximum Gasteiger partial charge on any atom is 0.269 e. The van der Waals surface area contributed by atoms with E-state index in [-0.39, 0.29) is 11.7 Å². The molecule has 1 N–H and O–H groups in total. The summed E-state index contributed by atoms with van der Waals surface area (Å²) in [6.07, 6.45) is 0.513. The van der Waals surface area contributed by atoms with Gasteiger partial charge in [-0.15, -0.1) is 0 Å². The van der Waals surface area contributed by atoms with Crippen molar-refractivity contribution in [3.63, 3.8) is 0 Å². The molecule has 21 heavy (non-hydrogen) atoms. The van der Waals surface area contributed by atoms with Crippen LogP contribution in [0.15, 0.2) is 42.5 Å². The Labute approximate surface area is 120 Å². The first-order valence-electron chi connectivity index (χ1n) is 6.37. The predicted octanol–water partition coefficient (Wildman–Crippen LogP) is 3.38. The van der Waals surface area contributed by atoms with Gasteiger partial charge in [0.25, 0.3) is 5.69 Å². The van der Waals surface area contributed by atoms with Crippen LogP contribution in [0.25, 0.3) is 0 Å². The van der Waals surface area contributed by atoms with Crippen LogP contribution in [0, 0.1) is 21.7 Å². The Balaban J connectivity index is 2.18. The lowest BCUT2D eigenvalue weighted by Crippen LogP contribution is -2.19. The lowest BCUT2D eigenvalue weighted by atomic mass is 9.98. The second-order valence-electron chi connectivity index (χ2n) is 4.64. The van der Waals surface area contributed by atoms with Gasteiger partial charge in [-0.3, -0.25) is 10.1 Å². The van der Waals surface area contributed by atoms with Gasteiger partial charge in [-0.05, 0) is 36.7 Å². The van der Waals surface area contributed by atoms with Gasteiger partial charge in [0, 0.05) is 18.2 Å². The van der Waals surface area contributed by atoms with Gasteiger partial charge in [-0.2, -0.15) is 0 Å². The molecule has 2 aromatic carbocycles. The summed E-state index contributed by atoms with van der Waals surface area (Å²) in [5, 5.41) is 13.6. The molecule has 0 aromatic heterocycles. The minimum atomic E-state index is -0.892. The molecule has 1 unspecified atom stereocenters. The second kappa shape index (κ2) is 6.41. The average Bonchev–Trinajstić information content (AvgIpc) is 2.48. The number of nitro groups is 1. The van der Waals surface area contributed by atoms with Crippen molar-refractivity contribution < 1.29 is 13.7 Å². The zero-order valence-electron chi connectivity index (χ0n) is 11.3. The molecule has 0 bridgehead atoms. The normalized spacial score (nSPS) is 12.1. The summed E-state index contributed by atoms with van der Waals surface area (Å²) in [6.45, 7) is 0. The first-order chi connectivity index (χ1) is 10.0. The highest BCUT2D eigenvalue weighted by molar-refractivity contribution is 5.34. The molecule has 0 saturated carbocycles. The molecule has 0 aliphatic carbocycles. The van der Waals surface area contributed by atoms with E-state index in [1.165, 1.54) is 18.2 Å². The van der Waals surface area contributed by atoms with Crippen LogP contribution in [0.2, 0.25) is 0 Å². The second-order valence-corrected chi connectivity index (χ2v) is 4.64. The van der Waals surface area contributed by atoms with Crippen LogP contribution in [0.4, 0.5) is 14.5 Å². The Hall–Kier alpha value is -2.34. The van der Waals surface area contributed by atoms with E-state index >= 15 is 0 Å². The molecule has 6 heteroatoms. The van der Waals surface area contributed by atoms with E-state index < -0.39 is 16.6 Å². The third kappa shape index (κ3) is 3.61. The fourth-order valence-electron chi connectivity index (χ4n) is 2.11. The number of rotatable bonds is 5. The van der Waals surface area contributed by atoms with Gasteiger partial charge in [-0.1, -0.05) is 18.2 Å². The van der Waals surface area contributed by atoms with Crippen molar-refractivity contribution in [1.29, 1.82) is 0 Å². The highest BCUT2D eigenvalue weighted by atomic mass is 19.2. The molecule has 2 aromatic rings. The van der Waals surface area contributed by atoms with Crippen molar-refractivity contribution in [2.75, 3.05) is 7.05 Å². The molecule has 0 heterocycles. The van der Waals surface area contributed by atoms with E-state index in [0.717, 1.165) is 17.7 Å². The molecule has 0 aliphatic rings. The summed E-state index contributed by atoms with van der Waals surface area (Å²) in [5.41, 5.74) is 1.51. The highest BCUT2D eigenvalue weighted by Crippen LogP contribution is 2.21. The largest absolute Gasteiger partial charge is 0.313 e. The zero-order chi connectivity index (χ0) is 15.4. The third-order valence-electron chi connectivity index (χ3n) is 3.28. The Morgan fingerprint density at radius 3 is 2.33 bits per heavy atom. The van der Waals surface area contributed by atoms with E-state index in [1.54, 1.807) is 19.2 Å². The predicted molar refractivity (Wildman–Crippen MR) is 75.0 cm³/mol. The van der Waals surface area contributed by atoms with Crippen molar-refractivity contribution >= 4 is 5.69 Å². The van der Waals surface area contributed by atoms with E-state index in [1.807, 2.05) is 0 Å². The molecule has 0 spiro atoms. The maximum absolute atomic E-state index is 13.3. The number of nitrogens with zero attached hydrogens (tertiary/aromatic N) is 1. The van der Waals surface area contributed by atoms with E-state index in [4.69, 9.17) is 0 Å². The first-order valence-corrected chi connectivity index (χ1v) is 6.37. The maximum atomic E-state index is 13.3. The van der Waals surface area contributed by atoms with E-state index in [2.05, 4.69) is 5.32 Å². The first kappa shape index (κ1) is 15.1. The SMILES string of the molecule is CNC(Cc1ccc([N+](=O)[O-])cc1)c1ccc(F)c(F)c1. The van der Waals surface area contributed by atoms with Crippen LogP contribution in [0.1, 0.15) is 17.2 Å². The third-order valence-corrected chi connectivity index (χ3v) is 3.28. The van der Waals surface area contributed by atoms with Gasteiger partial charge in [-0.25, -0.2) is 8.78 Å². The van der Waals surface area contributed by atoms with Gasteiger partial charge in [0.15, 0.2) is 11.6 Å². The van der Waals surface area contributed by atoms with Crippen LogP contribution in [-0.4, -0.2) is 12.0 Å². The van der Waals surface area contributed by atoms with Gasteiger partial charge in [0.2, 0.25) is 0 Å². The van der Waals surface area contributed by atoms with Crippen molar-refractivity contribution in [2.24, 2.45) is 0 Å². The number of likely N-dealkylation sites (N-methyl/N-ethyl adjacent to an activating group) is 1. The average molecular weight is 292 g/mol. The minimum Gasteiger partial charge on any atom is -0.313 e. The van der Waals surface area contributed by atoms with Crippen molar-refractivity contribution in [2.45, 2.75) is 12.5 Å². The van der Waals surface area contributed by atoms with E-state index in [9.17, 15) is 18.9 Å². The van der Waals surface area contributed by atoms with Crippen LogP contribution in [0.5, 0.6) is 0 Å². The fraction of sp³-hybridized carbons (Fsp3) is 0.200. The van der Waals surface area contributed by atoms with Crippen LogP contribution in [0.3, 0.4) is 0 Å². The molecule has 2 rings (SSSR count). The van der Waals surface area contributed by atoms with Gasteiger partial charge >= 0.3 is 0 Å². The minimum absolute atomic E-state index is 0.0209. The number of benzene rings is 2. The molecule has 4 nitrogen and oxygen atoms in total. The standard InChI is InChI=1S/C15H14F2N2O2/c1-18-15(11-4-7-13(16)14(17)9-11)8-10-2-5-12(6-3-10)19(20)21/h2-7,9,15,18H,8H2,1H3. The molecule has 0 radical (unpaired) electrons. The Morgan fingerprint density at radius 1 is 1.14 bits per heavy atom. The molecular weight excluding hydrogens is 278 g/mol. The lowest BCUT2D eigenvalue weighted by Gasteiger charge is -2.17. The van der Waals surface area contributed by atoms with Crippen LogP contribution < -0.4 is 5.32 Å². The van der Waals surface area contributed by atoms with Gasteiger partial charge in [0.1, 0.15) is 0 Å². The zero-order valence-corrected chi connectivity index (χ0v) is 11.3. The smallest absolute Gasteiger partial charge is 0.269 e. The quantitative estimate of drug-likeness (QED) is 0.679. The Kier molecular flexibility index (Phi) is 4.59. The summed E-state index contributed by atoms with van der Waals surface area (Å²) in [6, 6.07) is 9.71. The number of halogens is 2. The molecule has 1 atom stereocenters. The van der Waals surface area contributed by atoms with Crippen LogP contribution in [-0.2, 0) is 6.42 Å². The molecule has 0 aliphatic heterocycles. The fourth-order valence-corrected chi connectivity index (χ4v) is 2.11. The molecule has 0 fully saturated rings. The summed E-state index contributed by atoms with van der Waals surface area (Å²) < 4.78 is 26.2. The van der Waals surface area contributed by atoms with Crippen molar-refractivity contribution in [3.8, 4) is 0 Å². The summed E-state index contributed by atoms with van der Waals surface area (Å²) in [7, 11) is 1.72. The summed E-state index contributed by atoms with van der Waals surface area (Å²) >= 11 is 0. The number of non-ortho nitro benzene ring substituents is 1. The number of hydrogen-bond acceptors (Lipinski definition) is 3. The molecule has 0 amide bonds. The van der Waals surface area contributed by atoms with E-state index in [0.29, 0.717) is 12.0 Å². The molecule has 110 valence electrons. The number of nitrogens with one attached hydrogen (secondary N) is 1. The van der Waals surface area contributed by atoms with Crippen molar-refractivity contribution in [1.82, 2.24) is 5.32 Å².